The summed E-state index contributed by atoms with van der Waals surface area (Å²) in [5, 5.41) is 0.578. The van der Waals surface area contributed by atoms with Gasteiger partial charge in [-0.25, -0.2) is 13.4 Å². The van der Waals surface area contributed by atoms with E-state index in [0.29, 0.717) is 22.2 Å². The Morgan fingerprint density at radius 1 is 0.929 bits per heavy atom. The highest BCUT2D eigenvalue weighted by atomic mass is 35.5. The summed E-state index contributed by atoms with van der Waals surface area (Å²) in [6, 6.07) is 16.8. The summed E-state index contributed by atoms with van der Waals surface area (Å²) in [4.78, 5) is 7.27. The van der Waals surface area contributed by atoms with Crippen molar-refractivity contribution in [3.8, 4) is 11.3 Å². The molecule has 0 unspecified atom stereocenters. The first-order valence-corrected chi connectivity index (χ1v) is 10.9. The molecule has 0 aliphatic carbocycles. The minimum Gasteiger partial charge on any atom is -0.399 e. The molecule has 0 amide bonds. The van der Waals surface area contributed by atoms with Gasteiger partial charge in [-0.05, 0) is 61.4 Å². The number of anilines is 2. The van der Waals surface area contributed by atoms with E-state index in [1.807, 2.05) is 12.1 Å². The van der Waals surface area contributed by atoms with Crippen LogP contribution in [0, 0.1) is 0 Å². The van der Waals surface area contributed by atoms with Gasteiger partial charge in [-0.3, -0.25) is 0 Å². The minimum absolute atomic E-state index is 0.206. The Morgan fingerprint density at radius 3 is 2.32 bits per heavy atom. The second kappa shape index (κ2) is 7.45. The van der Waals surface area contributed by atoms with Gasteiger partial charge in [-0.2, -0.15) is 0 Å². The third-order valence-corrected chi connectivity index (χ3v) is 6.82. The van der Waals surface area contributed by atoms with Gasteiger partial charge in [0.25, 0.3) is 0 Å². The average Bonchev–Trinajstić information content (AvgIpc) is 3.23. The van der Waals surface area contributed by atoms with Gasteiger partial charge < -0.3 is 10.6 Å². The smallest absolute Gasteiger partial charge is 0.206 e. The molecule has 0 spiro atoms. The van der Waals surface area contributed by atoms with Gasteiger partial charge in [0.15, 0.2) is 0 Å². The summed E-state index contributed by atoms with van der Waals surface area (Å²) in [7, 11) is -3.70. The van der Waals surface area contributed by atoms with Crippen molar-refractivity contribution < 1.29 is 8.42 Å². The maximum Gasteiger partial charge on any atom is 0.206 e. The first kappa shape index (κ1) is 18.8. The molecule has 0 radical (unpaired) electrons. The Labute approximate surface area is 169 Å². The predicted octanol–water partition coefficient (Wildman–Crippen LogP) is 4.42. The highest BCUT2D eigenvalue weighted by Gasteiger charge is 2.23. The van der Waals surface area contributed by atoms with Gasteiger partial charge in [0.1, 0.15) is 5.82 Å². The van der Waals surface area contributed by atoms with Crippen molar-refractivity contribution in [3.63, 3.8) is 0 Å². The van der Waals surface area contributed by atoms with Crippen LogP contribution in [0.15, 0.2) is 70.5 Å². The van der Waals surface area contributed by atoms with E-state index in [0.717, 1.165) is 31.5 Å². The molecule has 0 atom stereocenters. The van der Waals surface area contributed by atoms with Gasteiger partial charge in [-0.15, -0.1) is 0 Å². The Morgan fingerprint density at radius 2 is 1.64 bits per heavy atom. The molecule has 1 saturated heterocycles. The van der Waals surface area contributed by atoms with Crippen molar-refractivity contribution >= 4 is 32.9 Å². The zero-order valence-electron chi connectivity index (χ0n) is 15.2. The van der Waals surface area contributed by atoms with E-state index < -0.39 is 9.84 Å². The second-order valence-corrected chi connectivity index (χ2v) is 9.21. The van der Waals surface area contributed by atoms with Crippen molar-refractivity contribution in [2.24, 2.45) is 0 Å². The first-order valence-electron chi connectivity index (χ1n) is 9.07. The summed E-state index contributed by atoms with van der Waals surface area (Å²) in [5.41, 5.74) is 7.59. The van der Waals surface area contributed by atoms with E-state index in [4.69, 9.17) is 22.3 Å². The predicted molar refractivity (Wildman–Crippen MR) is 112 cm³/mol. The van der Waals surface area contributed by atoms with Gasteiger partial charge in [0.2, 0.25) is 9.84 Å². The van der Waals surface area contributed by atoms with Crippen LogP contribution in [0.4, 0.5) is 11.5 Å². The summed E-state index contributed by atoms with van der Waals surface area (Å²) >= 11 is 6.13. The lowest BCUT2D eigenvalue weighted by Gasteiger charge is -2.19. The minimum atomic E-state index is -3.70. The quantitative estimate of drug-likeness (QED) is 0.641. The molecule has 1 aromatic heterocycles. The van der Waals surface area contributed by atoms with Crippen LogP contribution in [-0.2, 0) is 9.84 Å². The molecule has 3 aromatic rings. The van der Waals surface area contributed by atoms with Crippen LogP contribution < -0.4 is 10.6 Å². The van der Waals surface area contributed by atoms with Gasteiger partial charge >= 0.3 is 0 Å². The number of sulfone groups is 1. The Hall–Kier alpha value is -2.57. The molecule has 0 saturated carbocycles. The number of nitrogens with two attached hydrogens (primary N) is 1. The maximum absolute atomic E-state index is 13.2. The van der Waals surface area contributed by atoms with Crippen LogP contribution in [0.1, 0.15) is 12.8 Å². The number of benzene rings is 2. The topological polar surface area (TPSA) is 76.3 Å². The van der Waals surface area contributed by atoms with E-state index >= 15 is 0 Å². The number of hydrogen-bond donors (Lipinski definition) is 1. The van der Waals surface area contributed by atoms with Crippen molar-refractivity contribution in [2.45, 2.75) is 22.6 Å². The van der Waals surface area contributed by atoms with Crippen molar-refractivity contribution in [1.29, 1.82) is 0 Å². The Balaban J connectivity index is 1.87. The number of hydrogen-bond acceptors (Lipinski definition) is 5. The summed E-state index contributed by atoms with van der Waals surface area (Å²) in [5.74, 6) is 0.670. The monoisotopic (exact) mass is 413 g/mol. The van der Waals surface area contributed by atoms with Crippen LogP contribution in [0.5, 0.6) is 0 Å². The Kier molecular flexibility index (Phi) is 5.00. The maximum atomic E-state index is 13.2. The third kappa shape index (κ3) is 3.70. The van der Waals surface area contributed by atoms with Crippen LogP contribution in [0.2, 0.25) is 5.02 Å². The summed E-state index contributed by atoms with van der Waals surface area (Å²) in [6.07, 6.45) is 2.15. The molecular formula is C21H20ClN3O2S. The SMILES string of the molecule is Nc1ccc(S(=O)(=O)c2cc(-c3cccc(Cl)c3)nc(N3CCCC3)c2)cc1. The molecule has 4 rings (SSSR count). The van der Waals surface area contributed by atoms with Gasteiger partial charge in [0, 0.05) is 29.4 Å². The number of halogens is 1. The van der Waals surface area contributed by atoms with E-state index in [1.165, 1.54) is 12.1 Å². The number of nitrogen functional groups attached to an aromatic ring is 1. The van der Waals surface area contributed by atoms with E-state index in [1.54, 1.807) is 36.4 Å². The molecule has 28 heavy (non-hydrogen) atoms. The van der Waals surface area contributed by atoms with Crippen LogP contribution >= 0.6 is 11.6 Å². The largest absolute Gasteiger partial charge is 0.399 e. The molecule has 2 heterocycles. The van der Waals surface area contributed by atoms with Gasteiger partial charge in [0.05, 0.1) is 15.5 Å². The highest BCUT2D eigenvalue weighted by Crippen LogP contribution is 2.31. The van der Waals surface area contributed by atoms with Gasteiger partial charge in [-0.1, -0.05) is 23.7 Å². The molecule has 2 aromatic carbocycles. The number of rotatable bonds is 4. The molecule has 5 nitrogen and oxygen atoms in total. The number of pyridine rings is 1. The second-order valence-electron chi connectivity index (χ2n) is 6.82. The molecule has 1 aliphatic rings. The molecule has 7 heteroatoms. The fourth-order valence-electron chi connectivity index (χ4n) is 3.33. The van der Waals surface area contributed by atoms with E-state index in [9.17, 15) is 8.42 Å². The fourth-order valence-corrected chi connectivity index (χ4v) is 4.82. The van der Waals surface area contributed by atoms with Crippen LogP contribution in [0.25, 0.3) is 11.3 Å². The van der Waals surface area contributed by atoms with Crippen molar-refractivity contribution in [3.05, 3.63) is 65.7 Å². The first-order chi connectivity index (χ1) is 13.4. The van der Waals surface area contributed by atoms with E-state index in [2.05, 4.69) is 4.90 Å². The van der Waals surface area contributed by atoms with Crippen molar-refractivity contribution in [1.82, 2.24) is 4.98 Å². The molecule has 1 fully saturated rings. The third-order valence-electron chi connectivity index (χ3n) is 4.84. The summed E-state index contributed by atoms with van der Waals surface area (Å²) in [6.45, 7) is 1.74. The average molecular weight is 414 g/mol. The molecule has 2 N–H and O–H groups in total. The lowest BCUT2D eigenvalue weighted by molar-refractivity contribution is 0.596. The van der Waals surface area contributed by atoms with Crippen LogP contribution in [-0.4, -0.2) is 26.5 Å². The zero-order valence-corrected chi connectivity index (χ0v) is 16.7. The number of nitrogens with zero attached hydrogens (tertiary/aromatic N) is 2. The lowest BCUT2D eigenvalue weighted by atomic mass is 10.1. The molecule has 0 bridgehead atoms. The molecule has 1 aliphatic heterocycles. The standard InChI is InChI=1S/C21H20ClN3O2S/c22-16-5-3-4-15(12-16)20-13-19(14-21(24-20)25-10-1-2-11-25)28(26,27)18-8-6-17(23)7-9-18/h3-9,12-14H,1-2,10-11,23H2. The molecular weight excluding hydrogens is 394 g/mol. The highest BCUT2D eigenvalue weighted by molar-refractivity contribution is 7.91. The zero-order chi connectivity index (χ0) is 19.7. The fraction of sp³-hybridized carbons (Fsp3) is 0.190. The normalized spacial score (nSPS) is 14.4. The number of aromatic nitrogens is 1. The Bertz CT molecular complexity index is 1110. The van der Waals surface area contributed by atoms with Crippen molar-refractivity contribution in [2.75, 3.05) is 23.7 Å². The lowest BCUT2D eigenvalue weighted by Crippen LogP contribution is -2.19. The van der Waals surface area contributed by atoms with E-state index in [-0.39, 0.29) is 9.79 Å². The van der Waals surface area contributed by atoms with Crippen LogP contribution in [0.3, 0.4) is 0 Å². The molecule has 144 valence electrons. The summed E-state index contributed by atoms with van der Waals surface area (Å²) < 4.78 is 26.5.